The van der Waals surface area contributed by atoms with Gasteiger partial charge in [-0.3, -0.25) is 9.78 Å². The third-order valence-corrected chi connectivity index (χ3v) is 4.59. The number of halogens is 2. The standard InChI is InChI=1S/C19H23N3O.2ClH/c20-16-10-6-9-15(16)13-18(23)22-19(14-7-2-1-3-8-14)17-11-4-5-12-21-17;;/h1-5,7-8,11-12,15-16,19H,6,9-10,13,20H2,(H,22,23);2*1H/t15-,16+,19?;;/m0../s1. The summed E-state index contributed by atoms with van der Waals surface area (Å²) in [4.78, 5) is 16.9. The van der Waals surface area contributed by atoms with Gasteiger partial charge >= 0.3 is 0 Å². The van der Waals surface area contributed by atoms with Crippen LogP contribution in [0.2, 0.25) is 0 Å². The molecule has 1 unspecified atom stereocenters. The third-order valence-electron chi connectivity index (χ3n) is 4.59. The molecule has 1 fully saturated rings. The minimum absolute atomic E-state index is 0. The molecule has 4 nitrogen and oxygen atoms in total. The first kappa shape index (κ1) is 21.4. The van der Waals surface area contributed by atoms with Crippen LogP contribution in [0, 0.1) is 5.92 Å². The SMILES string of the molecule is Cl.Cl.N[C@@H]1CCC[C@H]1CC(=O)NC(c1ccccc1)c1ccccn1. The molecule has 136 valence electrons. The zero-order valence-corrected chi connectivity index (χ0v) is 15.6. The van der Waals surface area contributed by atoms with E-state index in [1.165, 1.54) is 0 Å². The van der Waals surface area contributed by atoms with Crippen molar-refractivity contribution in [3.63, 3.8) is 0 Å². The first-order valence-corrected chi connectivity index (χ1v) is 8.25. The molecule has 0 saturated heterocycles. The smallest absolute Gasteiger partial charge is 0.221 e. The minimum Gasteiger partial charge on any atom is -0.344 e. The van der Waals surface area contributed by atoms with E-state index < -0.39 is 0 Å². The van der Waals surface area contributed by atoms with Crippen LogP contribution < -0.4 is 11.1 Å². The maximum Gasteiger partial charge on any atom is 0.221 e. The van der Waals surface area contributed by atoms with Crippen molar-refractivity contribution in [3.8, 4) is 0 Å². The van der Waals surface area contributed by atoms with Gasteiger partial charge in [0.1, 0.15) is 0 Å². The molecule has 6 heteroatoms. The van der Waals surface area contributed by atoms with E-state index in [-0.39, 0.29) is 42.8 Å². The van der Waals surface area contributed by atoms with Gasteiger partial charge in [-0.05, 0) is 36.5 Å². The van der Waals surface area contributed by atoms with E-state index in [4.69, 9.17) is 5.73 Å². The van der Waals surface area contributed by atoms with Gasteiger partial charge < -0.3 is 11.1 Å². The fourth-order valence-electron chi connectivity index (χ4n) is 3.30. The first-order chi connectivity index (χ1) is 11.2. The Hall–Kier alpha value is -1.62. The number of benzene rings is 1. The highest BCUT2D eigenvalue weighted by Gasteiger charge is 2.27. The highest BCUT2D eigenvalue weighted by molar-refractivity contribution is 5.85. The minimum atomic E-state index is -0.220. The molecule has 3 N–H and O–H groups in total. The Kier molecular flexibility index (Phi) is 8.90. The van der Waals surface area contributed by atoms with Gasteiger partial charge in [0.2, 0.25) is 5.91 Å². The molecule has 1 aromatic heterocycles. The number of hydrogen-bond acceptors (Lipinski definition) is 3. The number of hydrogen-bond donors (Lipinski definition) is 2. The molecule has 0 bridgehead atoms. The number of carbonyl (C=O) groups excluding carboxylic acids is 1. The zero-order chi connectivity index (χ0) is 16.1. The lowest BCUT2D eigenvalue weighted by atomic mass is 9.98. The van der Waals surface area contributed by atoms with E-state index in [0.29, 0.717) is 12.3 Å². The second-order valence-corrected chi connectivity index (χ2v) is 6.22. The van der Waals surface area contributed by atoms with Crippen LogP contribution in [0.15, 0.2) is 54.7 Å². The summed E-state index contributed by atoms with van der Waals surface area (Å²) < 4.78 is 0. The van der Waals surface area contributed by atoms with Crippen LogP contribution in [-0.2, 0) is 4.79 Å². The van der Waals surface area contributed by atoms with Crippen molar-refractivity contribution in [3.05, 3.63) is 66.0 Å². The molecule has 1 aliphatic carbocycles. The van der Waals surface area contributed by atoms with Crippen LogP contribution in [0.3, 0.4) is 0 Å². The molecular weight excluding hydrogens is 357 g/mol. The van der Waals surface area contributed by atoms with Crippen LogP contribution in [-0.4, -0.2) is 16.9 Å². The Balaban J connectivity index is 0.00000156. The number of carbonyl (C=O) groups is 1. The number of aromatic nitrogens is 1. The maximum atomic E-state index is 12.5. The second kappa shape index (κ2) is 10.4. The van der Waals surface area contributed by atoms with Crippen molar-refractivity contribution in [2.75, 3.05) is 0 Å². The molecule has 25 heavy (non-hydrogen) atoms. The number of nitrogens with two attached hydrogens (primary N) is 1. The lowest BCUT2D eigenvalue weighted by molar-refractivity contribution is -0.122. The summed E-state index contributed by atoms with van der Waals surface area (Å²) in [7, 11) is 0. The van der Waals surface area contributed by atoms with Gasteiger partial charge in [0.05, 0.1) is 11.7 Å². The molecule has 1 amide bonds. The van der Waals surface area contributed by atoms with Gasteiger partial charge in [-0.2, -0.15) is 0 Å². The zero-order valence-electron chi connectivity index (χ0n) is 14.0. The van der Waals surface area contributed by atoms with Crippen molar-refractivity contribution < 1.29 is 4.79 Å². The number of pyridine rings is 1. The third kappa shape index (κ3) is 5.70. The average molecular weight is 382 g/mol. The van der Waals surface area contributed by atoms with Crippen LogP contribution in [0.25, 0.3) is 0 Å². The van der Waals surface area contributed by atoms with Crippen molar-refractivity contribution >= 4 is 30.7 Å². The molecule has 0 spiro atoms. The van der Waals surface area contributed by atoms with Gasteiger partial charge in [-0.25, -0.2) is 0 Å². The largest absolute Gasteiger partial charge is 0.344 e. The normalized spacial score (nSPS) is 20.0. The van der Waals surface area contributed by atoms with E-state index in [9.17, 15) is 4.79 Å². The quantitative estimate of drug-likeness (QED) is 0.830. The lowest BCUT2D eigenvalue weighted by Gasteiger charge is -2.21. The Morgan fingerprint density at radius 1 is 1.12 bits per heavy atom. The Bertz CT molecular complexity index is 600. The first-order valence-electron chi connectivity index (χ1n) is 8.25. The molecule has 2 aromatic rings. The highest BCUT2D eigenvalue weighted by Crippen LogP contribution is 2.27. The van der Waals surface area contributed by atoms with Gasteiger partial charge in [0.25, 0.3) is 0 Å². The van der Waals surface area contributed by atoms with Crippen molar-refractivity contribution in [2.24, 2.45) is 11.7 Å². The van der Waals surface area contributed by atoms with E-state index in [1.807, 2.05) is 48.5 Å². The number of nitrogens with one attached hydrogen (secondary N) is 1. The van der Waals surface area contributed by atoms with E-state index >= 15 is 0 Å². The van der Waals surface area contributed by atoms with Gasteiger partial charge in [0, 0.05) is 18.7 Å². The van der Waals surface area contributed by atoms with Crippen molar-refractivity contribution in [1.82, 2.24) is 10.3 Å². The lowest BCUT2D eigenvalue weighted by Crippen LogP contribution is -2.34. The van der Waals surface area contributed by atoms with Gasteiger partial charge in [-0.1, -0.05) is 42.8 Å². The topological polar surface area (TPSA) is 68.0 Å². The monoisotopic (exact) mass is 381 g/mol. The molecule has 3 atom stereocenters. The molecule has 0 radical (unpaired) electrons. The predicted molar refractivity (Wildman–Crippen MR) is 105 cm³/mol. The fourth-order valence-corrected chi connectivity index (χ4v) is 3.30. The summed E-state index contributed by atoms with van der Waals surface area (Å²) in [5.41, 5.74) is 7.98. The number of amides is 1. The summed E-state index contributed by atoms with van der Waals surface area (Å²) in [5.74, 6) is 0.349. The summed E-state index contributed by atoms with van der Waals surface area (Å²) >= 11 is 0. The predicted octanol–water partition coefficient (Wildman–Crippen LogP) is 3.65. The van der Waals surface area contributed by atoms with Crippen LogP contribution in [0.4, 0.5) is 0 Å². The Labute approximate surface area is 161 Å². The summed E-state index contributed by atoms with van der Waals surface area (Å²) in [6.45, 7) is 0. The van der Waals surface area contributed by atoms with E-state index in [1.54, 1.807) is 6.20 Å². The number of nitrogens with zero attached hydrogens (tertiary/aromatic N) is 1. The highest BCUT2D eigenvalue weighted by atomic mass is 35.5. The molecule has 1 saturated carbocycles. The fraction of sp³-hybridized carbons (Fsp3) is 0.368. The van der Waals surface area contributed by atoms with Crippen LogP contribution >= 0.6 is 24.8 Å². The molecule has 1 heterocycles. The Morgan fingerprint density at radius 2 is 1.84 bits per heavy atom. The van der Waals surface area contributed by atoms with E-state index in [2.05, 4.69) is 10.3 Å². The Morgan fingerprint density at radius 3 is 2.44 bits per heavy atom. The average Bonchev–Trinajstić information content (AvgIpc) is 2.99. The van der Waals surface area contributed by atoms with Crippen molar-refractivity contribution in [1.29, 1.82) is 0 Å². The molecule has 3 rings (SSSR count). The van der Waals surface area contributed by atoms with Crippen molar-refractivity contribution in [2.45, 2.75) is 37.8 Å². The molecule has 0 aliphatic heterocycles. The number of rotatable bonds is 5. The van der Waals surface area contributed by atoms with Gasteiger partial charge in [0.15, 0.2) is 0 Å². The summed E-state index contributed by atoms with van der Waals surface area (Å²) in [6.07, 6.45) is 5.46. The molecular formula is C19H25Cl2N3O. The van der Waals surface area contributed by atoms with Crippen LogP contribution in [0.5, 0.6) is 0 Å². The molecule has 1 aliphatic rings. The van der Waals surface area contributed by atoms with Gasteiger partial charge in [-0.15, -0.1) is 24.8 Å². The summed E-state index contributed by atoms with van der Waals surface area (Å²) in [6, 6.07) is 15.7. The van der Waals surface area contributed by atoms with E-state index in [0.717, 1.165) is 30.5 Å². The van der Waals surface area contributed by atoms with Crippen LogP contribution in [0.1, 0.15) is 43.0 Å². The summed E-state index contributed by atoms with van der Waals surface area (Å²) in [5, 5.41) is 3.14. The molecule has 1 aromatic carbocycles. The second-order valence-electron chi connectivity index (χ2n) is 6.22. The maximum absolute atomic E-state index is 12.5.